The lowest BCUT2D eigenvalue weighted by Crippen LogP contribution is -2.12. The number of hydrogen-bond acceptors (Lipinski definition) is 4. The molecule has 1 atom stereocenters. The summed E-state index contributed by atoms with van der Waals surface area (Å²) < 4.78 is 17.0. The minimum Gasteiger partial charge on any atom is -0.492 e. The van der Waals surface area contributed by atoms with E-state index in [2.05, 4.69) is 19.1 Å². The van der Waals surface area contributed by atoms with Gasteiger partial charge in [0.25, 0.3) is 0 Å². The zero-order chi connectivity index (χ0) is 18.1. The molecule has 0 bridgehead atoms. The summed E-state index contributed by atoms with van der Waals surface area (Å²) in [4.78, 5) is 12.1. The van der Waals surface area contributed by atoms with E-state index < -0.39 is 0 Å². The molecule has 25 heavy (non-hydrogen) atoms. The van der Waals surface area contributed by atoms with Crippen molar-refractivity contribution in [1.82, 2.24) is 0 Å². The van der Waals surface area contributed by atoms with Crippen molar-refractivity contribution in [2.45, 2.75) is 46.6 Å². The topological polar surface area (TPSA) is 48.7 Å². The van der Waals surface area contributed by atoms with Crippen molar-refractivity contribution >= 4 is 23.0 Å². The van der Waals surface area contributed by atoms with E-state index in [4.69, 9.17) is 13.9 Å². The first-order chi connectivity index (χ1) is 12.0. The van der Waals surface area contributed by atoms with Crippen molar-refractivity contribution in [2.75, 3.05) is 7.11 Å². The molecule has 0 N–H and O–H groups in total. The second kappa shape index (κ2) is 6.79. The highest BCUT2D eigenvalue weighted by Gasteiger charge is 2.27. The summed E-state index contributed by atoms with van der Waals surface area (Å²) in [5.74, 6) is 0.782. The summed E-state index contributed by atoms with van der Waals surface area (Å²) in [5.41, 5.74) is 5.57. The summed E-state index contributed by atoms with van der Waals surface area (Å²) in [6.07, 6.45) is 8.67. The van der Waals surface area contributed by atoms with E-state index in [1.165, 1.54) is 5.56 Å². The van der Waals surface area contributed by atoms with Gasteiger partial charge in [-0.3, -0.25) is 0 Å². The Balaban J connectivity index is 2.19. The first-order valence-corrected chi connectivity index (χ1v) is 8.56. The Hall–Kier alpha value is -2.49. The van der Waals surface area contributed by atoms with E-state index in [0.717, 1.165) is 34.2 Å². The van der Waals surface area contributed by atoms with Crippen molar-refractivity contribution in [2.24, 2.45) is 0 Å². The molecule has 2 aromatic rings. The fourth-order valence-electron chi connectivity index (χ4n) is 3.49. The highest BCUT2D eigenvalue weighted by atomic mass is 16.5. The van der Waals surface area contributed by atoms with Gasteiger partial charge in [0.2, 0.25) is 0 Å². The number of furan rings is 1. The monoisotopic (exact) mass is 340 g/mol. The Morgan fingerprint density at radius 3 is 2.88 bits per heavy atom. The molecule has 0 spiro atoms. The Morgan fingerprint density at radius 2 is 2.20 bits per heavy atom. The van der Waals surface area contributed by atoms with E-state index in [1.54, 1.807) is 26.4 Å². The molecule has 0 radical (unpaired) electrons. The number of allylic oxidation sites excluding steroid dienone is 2. The van der Waals surface area contributed by atoms with Crippen molar-refractivity contribution in [3.63, 3.8) is 0 Å². The van der Waals surface area contributed by atoms with Crippen LogP contribution in [0.1, 0.15) is 55.4 Å². The Kier molecular flexibility index (Phi) is 4.71. The standard InChI is InChI=1S/C21H24O4/c1-6-12(2)21(22)25-11-16-17-13(3)8-7-9-15(17)19(23-5)20-18(16)14(4)10-24-20/h6-7,9-10,13H,8,11H2,1-5H3/b12-6-/t13-/m0/s1. The third-order valence-electron chi connectivity index (χ3n) is 4.92. The molecule has 132 valence electrons. The molecule has 0 saturated heterocycles. The van der Waals surface area contributed by atoms with Crippen LogP contribution in [-0.4, -0.2) is 13.1 Å². The van der Waals surface area contributed by atoms with Crippen LogP contribution >= 0.6 is 0 Å². The number of carbonyl (C=O) groups is 1. The fourth-order valence-corrected chi connectivity index (χ4v) is 3.49. The maximum atomic E-state index is 12.1. The van der Waals surface area contributed by atoms with Crippen LogP contribution in [0.15, 0.2) is 28.4 Å². The number of methoxy groups -OCH3 is 1. The van der Waals surface area contributed by atoms with E-state index >= 15 is 0 Å². The molecule has 1 heterocycles. The van der Waals surface area contributed by atoms with Crippen LogP contribution in [0.3, 0.4) is 0 Å². The van der Waals surface area contributed by atoms with Crippen LogP contribution in [-0.2, 0) is 16.1 Å². The minimum absolute atomic E-state index is 0.228. The van der Waals surface area contributed by atoms with Gasteiger partial charge in [-0.25, -0.2) is 4.79 Å². The summed E-state index contributed by atoms with van der Waals surface area (Å²) >= 11 is 0. The Bertz CT molecular complexity index is 883. The average molecular weight is 340 g/mol. The number of carbonyl (C=O) groups excluding carboxylic acids is 1. The number of fused-ring (bicyclic) bond motifs is 2. The van der Waals surface area contributed by atoms with Crippen LogP contribution in [0.5, 0.6) is 5.75 Å². The van der Waals surface area contributed by atoms with Crippen LogP contribution < -0.4 is 4.74 Å². The number of esters is 1. The molecule has 1 aromatic heterocycles. The van der Waals surface area contributed by atoms with E-state index in [9.17, 15) is 4.79 Å². The summed E-state index contributed by atoms with van der Waals surface area (Å²) in [6.45, 7) is 8.01. The quantitative estimate of drug-likeness (QED) is 0.561. The van der Waals surface area contributed by atoms with Gasteiger partial charge in [0, 0.05) is 22.1 Å². The molecule has 0 aliphatic heterocycles. The molecule has 0 unspecified atom stereocenters. The molecule has 0 saturated carbocycles. The van der Waals surface area contributed by atoms with E-state index in [0.29, 0.717) is 17.1 Å². The molecule has 0 fully saturated rings. The van der Waals surface area contributed by atoms with Gasteiger partial charge in [0.1, 0.15) is 6.61 Å². The predicted octanol–water partition coefficient (Wildman–Crippen LogP) is 5.28. The maximum absolute atomic E-state index is 12.1. The van der Waals surface area contributed by atoms with Gasteiger partial charge in [-0.05, 0) is 44.2 Å². The summed E-state index contributed by atoms with van der Waals surface area (Å²) in [7, 11) is 1.66. The van der Waals surface area contributed by atoms with Gasteiger partial charge >= 0.3 is 5.97 Å². The average Bonchev–Trinajstić information content (AvgIpc) is 2.99. The predicted molar refractivity (Wildman–Crippen MR) is 98.8 cm³/mol. The van der Waals surface area contributed by atoms with E-state index in [1.807, 2.05) is 13.8 Å². The normalized spacial score (nSPS) is 16.8. The minimum atomic E-state index is -0.291. The number of rotatable bonds is 4. The van der Waals surface area contributed by atoms with Crippen molar-refractivity contribution < 1.29 is 18.7 Å². The first-order valence-electron chi connectivity index (χ1n) is 8.56. The Morgan fingerprint density at radius 1 is 1.44 bits per heavy atom. The molecule has 4 nitrogen and oxygen atoms in total. The van der Waals surface area contributed by atoms with Crippen LogP contribution in [0.2, 0.25) is 0 Å². The highest BCUT2D eigenvalue weighted by molar-refractivity contribution is 5.95. The lowest BCUT2D eigenvalue weighted by molar-refractivity contribution is -0.140. The third-order valence-corrected chi connectivity index (χ3v) is 4.92. The van der Waals surface area contributed by atoms with Gasteiger partial charge in [-0.1, -0.05) is 25.2 Å². The number of ether oxygens (including phenoxy) is 2. The van der Waals surface area contributed by atoms with Gasteiger partial charge in [0.15, 0.2) is 11.3 Å². The maximum Gasteiger partial charge on any atom is 0.333 e. The number of hydrogen-bond donors (Lipinski definition) is 0. The zero-order valence-electron chi connectivity index (χ0n) is 15.4. The summed E-state index contributed by atoms with van der Waals surface area (Å²) in [5, 5.41) is 0.990. The molecular weight excluding hydrogens is 316 g/mol. The lowest BCUT2D eigenvalue weighted by atomic mass is 9.82. The molecule has 1 aliphatic rings. The van der Waals surface area contributed by atoms with Gasteiger partial charge in [0.05, 0.1) is 13.4 Å². The molecular formula is C21H24O4. The molecule has 0 amide bonds. The first kappa shape index (κ1) is 17.3. The molecule has 4 heteroatoms. The second-order valence-electron chi connectivity index (χ2n) is 6.55. The number of benzene rings is 1. The molecule has 1 aromatic carbocycles. The van der Waals surface area contributed by atoms with Crippen molar-refractivity contribution in [3.8, 4) is 5.75 Å². The smallest absolute Gasteiger partial charge is 0.333 e. The Labute approximate surface area is 148 Å². The summed E-state index contributed by atoms with van der Waals surface area (Å²) in [6, 6.07) is 0. The highest BCUT2D eigenvalue weighted by Crippen LogP contribution is 2.45. The zero-order valence-corrected chi connectivity index (χ0v) is 15.4. The SMILES string of the molecule is C/C=C(/C)C(=O)OCc1c2c(c(OC)c3occ(C)c13)C=CC[C@@H]2C. The fraction of sp³-hybridized carbons (Fsp3) is 0.381. The van der Waals surface area contributed by atoms with Crippen LogP contribution in [0.25, 0.3) is 17.0 Å². The van der Waals surface area contributed by atoms with Crippen molar-refractivity contribution in [1.29, 1.82) is 0 Å². The number of aryl methyl sites for hydroxylation is 1. The van der Waals surface area contributed by atoms with Gasteiger partial charge in [-0.2, -0.15) is 0 Å². The molecule has 1 aliphatic carbocycles. The van der Waals surface area contributed by atoms with Gasteiger partial charge < -0.3 is 13.9 Å². The third kappa shape index (κ3) is 2.86. The van der Waals surface area contributed by atoms with Gasteiger partial charge in [-0.15, -0.1) is 0 Å². The lowest BCUT2D eigenvalue weighted by Gasteiger charge is -2.24. The van der Waals surface area contributed by atoms with Crippen molar-refractivity contribution in [3.05, 3.63) is 46.2 Å². The molecule has 3 rings (SSSR count). The largest absolute Gasteiger partial charge is 0.492 e. The second-order valence-corrected chi connectivity index (χ2v) is 6.55. The van der Waals surface area contributed by atoms with Crippen LogP contribution in [0.4, 0.5) is 0 Å². The van der Waals surface area contributed by atoms with E-state index in [-0.39, 0.29) is 12.6 Å². The van der Waals surface area contributed by atoms with Crippen LogP contribution in [0, 0.1) is 6.92 Å².